The molecule has 0 radical (unpaired) electrons. The number of fused-ring (bicyclic) bond motifs is 3. The van der Waals surface area contributed by atoms with Gasteiger partial charge in [-0.2, -0.15) is 0 Å². The van der Waals surface area contributed by atoms with Crippen molar-refractivity contribution in [2.24, 2.45) is 5.92 Å². The molecule has 3 aromatic rings. The maximum atomic E-state index is 12.6. The number of ether oxygens (including phenoxy) is 1. The summed E-state index contributed by atoms with van der Waals surface area (Å²) in [4.78, 5) is 31.2. The number of hydrogen-bond acceptors (Lipinski definition) is 4. The number of carbonyl (C=O) groups is 2. The number of aliphatic carboxylic acids is 1. The SMILES string of the molecule is COC(=O)N1c2ccc3c(nc([C@H](C)c4ccccc4)n3[C@H]3CC[C@H](C(=O)O)CC3)c2CC[C@@H]1C. The van der Waals surface area contributed by atoms with Crippen LogP contribution in [0.4, 0.5) is 10.5 Å². The zero-order valence-electron chi connectivity index (χ0n) is 20.6. The summed E-state index contributed by atoms with van der Waals surface area (Å²) in [6, 6.07) is 14.8. The van der Waals surface area contributed by atoms with Crippen LogP contribution in [0.5, 0.6) is 0 Å². The predicted octanol–water partition coefficient (Wildman–Crippen LogP) is 5.91. The first-order valence-electron chi connectivity index (χ1n) is 12.6. The lowest BCUT2D eigenvalue weighted by atomic mass is 9.85. The molecule has 1 N–H and O–H groups in total. The predicted molar refractivity (Wildman–Crippen MR) is 135 cm³/mol. The van der Waals surface area contributed by atoms with Gasteiger partial charge in [-0.3, -0.25) is 9.69 Å². The third kappa shape index (κ3) is 4.07. The topological polar surface area (TPSA) is 84.7 Å². The molecule has 7 heteroatoms. The second-order valence-corrected chi connectivity index (χ2v) is 9.97. The number of carboxylic acids is 1. The Morgan fingerprint density at radius 1 is 1.06 bits per heavy atom. The van der Waals surface area contributed by atoms with Gasteiger partial charge in [0, 0.05) is 23.6 Å². The molecule has 1 fully saturated rings. The molecule has 2 aromatic carbocycles. The van der Waals surface area contributed by atoms with Crippen LogP contribution in [0.1, 0.15) is 74.9 Å². The van der Waals surface area contributed by atoms with E-state index in [1.165, 1.54) is 12.7 Å². The van der Waals surface area contributed by atoms with Gasteiger partial charge in [0.1, 0.15) is 5.82 Å². The highest BCUT2D eigenvalue weighted by Gasteiger charge is 2.34. The summed E-state index contributed by atoms with van der Waals surface area (Å²) < 4.78 is 7.46. The van der Waals surface area contributed by atoms with Gasteiger partial charge in [-0.1, -0.05) is 37.3 Å². The number of aromatic nitrogens is 2. The molecule has 0 bridgehead atoms. The van der Waals surface area contributed by atoms with Crippen molar-refractivity contribution >= 4 is 28.8 Å². The van der Waals surface area contributed by atoms with Gasteiger partial charge in [0.2, 0.25) is 0 Å². The van der Waals surface area contributed by atoms with Gasteiger partial charge in [-0.15, -0.1) is 0 Å². The minimum Gasteiger partial charge on any atom is -0.481 e. The fourth-order valence-electron chi connectivity index (χ4n) is 5.95. The van der Waals surface area contributed by atoms with E-state index < -0.39 is 5.97 Å². The van der Waals surface area contributed by atoms with Crippen LogP contribution in [0.25, 0.3) is 11.0 Å². The van der Waals surface area contributed by atoms with Gasteiger partial charge in [0.15, 0.2) is 0 Å². The van der Waals surface area contributed by atoms with Crippen molar-refractivity contribution in [2.75, 3.05) is 12.0 Å². The lowest BCUT2D eigenvalue weighted by molar-refractivity contribution is -0.143. The first-order valence-corrected chi connectivity index (χ1v) is 12.6. The van der Waals surface area contributed by atoms with E-state index in [-0.39, 0.29) is 30.0 Å². The minimum absolute atomic E-state index is 0.0588. The average Bonchev–Trinajstić information content (AvgIpc) is 3.28. The Balaban J connectivity index is 1.65. The van der Waals surface area contributed by atoms with Gasteiger partial charge in [-0.25, -0.2) is 9.78 Å². The van der Waals surface area contributed by atoms with Crippen molar-refractivity contribution in [1.29, 1.82) is 0 Å². The molecule has 184 valence electrons. The van der Waals surface area contributed by atoms with Crippen LogP contribution in [0.15, 0.2) is 42.5 Å². The summed E-state index contributed by atoms with van der Waals surface area (Å²) >= 11 is 0. The summed E-state index contributed by atoms with van der Waals surface area (Å²) in [6.07, 6.45) is 4.35. The van der Waals surface area contributed by atoms with Gasteiger partial charge < -0.3 is 14.4 Å². The summed E-state index contributed by atoms with van der Waals surface area (Å²) in [7, 11) is 1.42. The molecule has 1 saturated carbocycles. The van der Waals surface area contributed by atoms with E-state index in [4.69, 9.17) is 9.72 Å². The van der Waals surface area contributed by atoms with Crippen LogP contribution >= 0.6 is 0 Å². The number of rotatable bonds is 4. The van der Waals surface area contributed by atoms with Gasteiger partial charge in [0.25, 0.3) is 0 Å². The fraction of sp³-hybridized carbons (Fsp3) is 0.464. The monoisotopic (exact) mass is 475 g/mol. The first kappa shape index (κ1) is 23.4. The largest absolute Gasteiger partial charge is 0.481 e. The number of benzene rings is 2. The standard InChI is InChI=1S/C28H33N3O4/c1-17-9-14-22-23(30(17)28(34)35-3)15-16-24-25(22)29-26(18(2)19-7-5-4-6-8-19)31(24)21-12-10-20(11-13-21)27(32)33/h4-8,15-18,20-21H,9-14H2,1-3H3,(H,32,33)/t17-,18+,20-,21-/m0/s1. The lowest BCUT2D eigenvalue weighted by Crippen LogP contribution is -2.42. The molecule has 1 aromatic heterocycles. The molecule has 5 rings (SSSR count). The van der Waals surface area contributed by atoms with E-state index in [0.717, 1.165) is 53.8 Å². The second kappa shape index (κ2) is 9.36. The molecule has 7 nitrogen and oxygen atoms in total. The molecule has 2 aliphatic rings. The van der Waals surface area contributed by atoms with E-state index in [9.17, 15) is 14.7 Å². The quantitative estimate of drug-likeness (QED) is 0.507. The highest BCUT2D eigenvalue weighted by Crippen LogP contribution is 2.42. The number of imidazole rings is 1. The lowest BCUT2D eigenvalue weighted by Gasteiger charge is -2.34. The molecule has 1 amide bonds. The van der Waals surface area contributed by atoms with Crippen LogP contribution in [-0.4, -0.2) is 39.9 Å². The molecule has 2 atom stereocenters. The maximum Gasteiger partial charge on any atom is 0.414 e. The van der Waals surface area contributed by atoms with Crippen molar-refractivity contribution in [3.05, 3.63) is 59.4 Å². The maximum absolute atomic E-state index is 12.6. The second-order valence-electron chi connectivity index (χ2n) is 9.97. The average molecular weight is 476 g/mol. The van der Waals surface area contributed by atoms with Crippen LogP contribution in [0, 0.1) is 5.92 Å². The number of hydrogen-bond donors (Lipinski definition) is 1. The molecule has 0 saturated heterocycles. The summed E-state index contributed by atoms with van der Waals surface area (Å²) in [5.74, 6) is 0.124. The Hall–Kier alpha value is -3.35. The van der Waals surface area contributed by atoms with E-state index in [2.05, 4.69) is 29.7 Å². The van der Waals surface area contributed by atoms with E-state index in [1.807, 2.05) is 31.2 Å². The summed E-state index contributed by atoms with van der Waals surface area (Å²) in [6.45, 7) is 4.23. The van der Waals surface area contributed by atoms with Gasteiger partial charge in [-0.05, 0) is 63.1 Å². The van der Waals surface area contributed by atoms with Crippen LogP contribution in [0.3, 0.4) is 0 Å². The van der Waals surface area contributed by atoms with Crippen molar-refractivity contribution in [3.63, 3.8) is 0 Å². The normalized spacial score (nSPS) is 23.1. The molecule has 1 aliphatic heterocycles. The van der Waals surface area contributed by atoms with Gasteiger partial charge >= 0.3 is 12.1 Å². The number of methoxy groups -OCH3 is 1. The summed E-state index contributed by atoms with van der Waals surface area (Å²) in [5, 5.41) is 9.50. The van der Waals surface area contributed by atoms with Gasteiger partial charge in [0.05, 0.1) is 29.7 Å². The number of nitrogens with zero attached hydrogens (tertiary/aromatic N) is 3. The number of amides is 1. The fourth-order valence-corrected chi connectivity index (χ4v) is 5.95. The van der Waals surface area contributed by atoms with E-state index >= 15 is 0 Å². The Morgan fingerprint density at radius 3 is 2.43 bits per heavy atom. The molecule has 35 heavy (non-hydrogen) atoms. The molecule has 0 unspecified atom stereocenters. The van der Waals surface area contributed by atoms with Crippen molar-refractivity contribution < 1.29 is 19.4 Å². The highest BCUT2D eigenvalue weighted by molar-refractivity contribution is 5.95. The summed E-state index contributed by atoms with van der Waals surface area (Å²) in [5.41, 5.74) is 5.18. The molecule has 2 heterocycles. The molecule has 0 spiro atoms. The third-order valence-corrected chi connectivity index (χ3v) is 7.95. The van der Waals surface area contributed by atoms with Crippen molar-refractivity contribution in [2.45, 2.75) is 70.4 Å². The van der Waals surface area contributed by atoms with Crippen LogP contribution in [-0.2, 0) is 16.0 Å². The molecular formula is C28H33N3O4. The Kier molecular flexibility index (Phi) is 6.26. The molecule has 1 aliphatic carbocycles. The van der Waals surface area contributed by atoms with E-state index in [0.29, 0.717) is 12.8 Å². The molecular weight excluding hydrogens is 442 g/mol. The van der Waals surface area contributed by atoms with Crippen molar-refractivity contribution in [1.82, 2.24) is 9.55 Å². The number of carbonyl (C=O) groups excluding carboxylic acids is 1. The first-order chi connectivity index (χ1) is 16.9. The zero-order chi connectivity index (χ0) is 24.7. The highest BCUT2D eigenvalue weighted by atomic mass is 16.5. The Morgan fingerprint density at radius 2 is 1.77 bits per heavy atom. The van der Waals surface area contributed by atoms with Crippen LogP contribution < -0.4 is 4.90 Å². The number of aryl methyl sites for hydroxylation is 1. The Labute approximate surface area is 205 Å². The van der Waals surface area contributed by atoms with Crippen LogP contribution in [0.2, 0.25) is 0 Å². The minimum atomic E-state index is -0.692. The Bertz CT molecular complexity index is 1240. The third-order valence-electron chi connectivity index (χ3n) is 7.95. The number of anilines is 1. The number of carboxylic acid groups (broad SMARTS) is 1. The smallest absolute Gasteiger partial charge is 0.414 e. The zero-order valence-corrected chi connectivity index (χ0v) is 20.6. The van der Waals surface area contributed by atoms with E-state index in [1.54, 1.807) is 4.90 Å². The van der Waals surface area contributed by atoms with Crippen molar-refractivity contribution in [3.8, 4) is 0 Å².